The van der Waals surface area contributed by atoms with Gasteiger partial charge in [-0.15, -0.1) is 24.5 Å². The number of thiophene rings is 1. The minimum Gasteiger partial charge on any atom is -0.493 e. The number of aromatic hydroxyl groups is 1. The molecule has 0 spiro atoms. The molecule has 4 rings (SSSR count). The van der Waals surface area contributed by atoms with Crippen molar-refractivity contribution >= 4 is 27.2 Å². The molecule has 3 aromatic heterocycles. The molecule has 4 aromatic rings. The Morgan fingerprint density at radius 2 is 1.88 bits per heavy atom. The third-order valence-electron chi connectivity index (χ3n) is 4.44. The molecule has 0 radical (unpaired) electrons. The summed E-state index contributed by atoms with van der Waals surface area (Å²) in [6, 6.07) is 10.5. The Labute approximate surface area is 194 Å². The van der Waals surface area contributed by atoms with Crippen LogP contribution in [0.3, 0.4) is 0 Å². The highest BCUT2D eigenvalue weighted by Gasteiger charge is 2.31. The summed E-state index contributed by atoms with van der Waals surface area (Å²) < 4.78 is 70.1. The molecule has 0 amide bonds. The lowest BCUT2D eigenvalue weighted by atomic mass is 10.2. The second-order valence-corrected chi connectivity index (χ2v) is 9.72. The van der Waals surface area contributed by atoms with Crippen LogP contribution >= 0.6 is 11.3 Å². The van der Waals surface area contributed by atoms with Gasteiger partial charge in [-0.2, -0.15) is 0 Å². The van der Waals surface area contributed by atoms with Crippen LogP contribution in [0.2, 0.25) is 0 Å². The summed E-state index contributed by atoms with van der Waals surface area (Å²) in [6.45, 7) is -0.0368. The fourth-order valence-corrected chi connectivity index (χ4v) is 5.05. The van der Waals surface area contributed by atoms with Gasteiger partial charge in [0.25, 0.3) is 10.0 Å². The van der Waals surface area contributed by atoms with Gasteiger partial charge in [-0.25, -0.2) is 22.8 Å². The molecule has 3 heterocycles. The smallest absolute Gasteiger partial charge is 0.493 e. The van der Waals surface area contributed by atoms with E-state index < -0.39 is 33.7 Å². The van der Waals surface area contributed by atoms with E-state index in [4.69, 9.17) is 0 Å². The number of sulfonamides is 1. The summed E-state index contributed by atoms with van der Waals surface area (Å²) in [5.74, 6) is -0.873. The summed E-state index contributed by atoms with van der Waals surface area (Å²) in [5, 5.41) is 11.9. The molecule has 0 bridgehead atoms. The van der Waals surface area contributed by atoms with E-state index in [1.807, 2.05) is 0 Å². The fraction of sp³-hybridized carbons (Fsp3) is 0.100. The van der Waals surface area contributed by atoms with Gasteiger partial charge < -0.3 is 9.84 Å². The standard InChI is InChI=1S/C20H15F3N4O5S2/c21-20(22,23)32-15-5-3-14(4-6-15)27-17(28)12-26(19(27)29)11-13-7-8-24-16(10-13)25-34(30,31)18-2-1-9-33-18/h1-10,12,28H,11H2,(H,24,25). The number of alkyl halides is 3. The number of hydrogen-bond acceptors (Lipinski definition) is 7. The van der Waals surface area contributed by atoms with Crippen LogP contribution in [-0.4, -0.2) is 34.0 Å². The largest absolute Gasteiger partial charge is 0.573 e. The van der Waals surface area contributed by atoms with Crippen molar-refractivity contribution in [2.75, 3.05) is 4.72 Å². The molecule has 0 saturated heterocycles. The zero-order chi connectivity index (χ0) is 24.5. The van der Waals surface area contributed by atoms with Crippen molar-refractivity contribution in [1.82, 2.24) is 14.1 Å². The van der Waals surface area contributed by atoms with Crippen molar-refractivity contribution in [2.45, 2.75) is 17.1 Å². The number of anilines is 1. The number of halogens is 3. The van der Waals surface area contributed by atoms with E-state index in [0.29, 0.717) is 5.56 Å². The van der Waals surface area contributed by atoms with Crippen LogP contribution in [0.15, 0.2) is 75.3 Å². The van der Waals surface area contributed by atoms with Crippen molar-refractivity contribution in [3.63, 3.8) is 0 Å². The van der Waals surface area contributed by atoms with Gasteiger partial charge in [0.2, 0.25) is 5.88 Å². The van der Waals surface area contributed by atoms with Crippen LogP contribution in [0, 0.1) is 0 Å². The Morgan fingerprint density at radius 1 is 1.15 bits per heavy atom. The first-order chi connectivity index (χ1) is 16.0. The predicted octanol–water partition coefficient (Wildman–Crippen LogP) is 3.55. The number of rotatable bonds is 7. The Hall–Kier alpha value is -3.78. The van der Waals surface area contributed by atoms with E-state index in [1.54, 1.807) is 17.5 Å². The van der Waals surface area contributed by atoms with Gasteiger partial charge in [0.05, 0.1) is 18.4 Å². The van der Waals surface area contributed by atoms with E-state index in [0.717, 1.165) is 38.8 Å². The number of benzene rings is 1. The molecule has 14 heteroatoms. The van der Waals surface area contributed by atoms with Crippen molar-refractivity contribution in [3.05, 3.63) is 82.4 Å². The molecule has 1 aromatic carbocycles. The Kier molecular flexibility index (Phi) is 6.10. The van der Waals surface area contributed by atoms with Crippen LogP contribution in [0.1, 0.15) is 5.56 Å². The molecule has 0 unspecified atom stereocenters. The predicted molar refractivity (Wildman–Crippen MR) is 117 cm³/mol. The third kappa shape index (κ3) is 5.23. The lowest BCUT2D eigenvalue weighted by Gasteiger charge is -2.09. The highest BCUT2D eigenvalue weighted by Crippen LogP contribution is 2.25. The average molecular weight is 512 g/mol. The Bertz CT molecular complexity index is 1460. The lowest BCUT2D eigenvalue weighted by Crippen LogP contribution is -2.23. The number of hydrogen-bond donors (Lipinski definition) is 2. The molecule has 0 aliphatic carbocycles. The quantitative estimate of drug-likeness (QED) is 0.391. The molecule has 34 heavy (non-hydrogen) atoms. The van der Waals surface area contributed by atoms with Crippen LogP contribution in [0.4, 0.5) is 19.0 Å². The average Bonchev–Trinajstić information content (AvgIpc) is 3.37. The molecule has 0 atom stereocenters. The van der Waals surface area contributed by atoms with E-state index in [-0.39, 0.29) is 22.3 Å². The molecule has 2 N–H and O–H groups in total. The number of nitrogens with one attached hydrogen (secondary N) is 1. The van der Waals surface area contributed by atoms with Crippen LogP contribution < -0.4 is 15.1 Å². The second kappa shape index (κ2) is 8.87. The maximum atomic E-state index is 12.8. The van der Waals surface area contributed by atoms with Gasteiger partial charge in [-0.05, 0) is 53.4 Å². The third-order valence-corrected chi connectivity index (χ3v) is 7.19. The van der Waals surface area contributed by atoms with Crippen LogP contribution in [0.25, 0.3) is 5.69 Å². The molecule has 0 aliphatic heterocycles. The number of ether oxygens (including phenoxy) is 1. The maximum absolute atomic E-state index is 12.8. The summed E-state index contributed by atoms with van der Waals surface area (Å²) in [7, 11) is -3.81. The number of pyridine rings is 1. The topological polar surface area (TPSA) is 115 Å². The summed E-state index contributed by atoms with van der Waals surface area (Å²) in [5.41, 5.74) is -0.0403. The highest BCUT2D eigenvalue weighted by molar-refractivity contribution is 7.94. The lowest BCUT2D eigenvalue weighted by molar-refractivity contribution is -0.274. The second-order valence-electron chi connectivity index (χ2n) is 6.86. The number of imidazole rings is 1. The van der Waals surface area contributed by atoms with Gasteiger partial charge in [-0.3, -0.25) is 9.29 Å². The summed E-state index contributed by atoms with van der Waals surface area (Å²) in [6.07, 6.45) is -2.34. The van der Waals surface area contributed by atoms with Gasteiger partial charge in [0, 0.05) is 6.20 Å². The number of nitrogens with zero attached hydrogens (tertiary/aromatic N) is 3. The minimum atomic E-state index is -4.86. The molecule has 0 saturated carbocycles. The van der Waals surface area contributed by atoms with Crippen LogP contribution in [-0.2, 0) is 16.6 Å². The molecule has 9 nitrogen and oxygen atoms in total. The van der Waals surface area contributed by atoms with E-state index in [1.165, 1.54) is 30.5 Å². The summed E-state index contributed by atoms with van der Waals surface area (Å²) >= 11 is 1.05. The van der Waals surface area contributed by atoms with Crippen molar-refractivity contribution in [3.8, 4) is 17.3 Å². The molecular formula is C20H15F3N4O5S2. The van der Waals surface area contributed by atoms with Gasteiger partial charge in [0.1, 0.15) is 15.8 Å². The molecular weight excluding hydrogens is 497 g/mol. The van der Waals surface area contributed by atoms with Crippen LogP contribution in [0.5, 0.6) is 11.6 Å². The Balaban J connectivity index is 1.55. The Morgan fingerprint density at radius 3 is 2.53 bits per heavy atom. The van der Waals surface area contributed by atoms with E-state index in [9.17, 15) is 31.5 Å². The fourth-order valence-electron chi connectivity index (χ4n) is 3.06. The zero-order valence-electron chi connectivity index (χ0n) is 16.9. The van der Waals surface area contributed by atoms with Crippen molar-refractivity contribution in [2.24, 2.45) is 0 Å². The normalized spacial score (nSPS) is 12.0. The van der Waals surface area contributed by atoms with Gasteiger partial charge in [-0.1, -0.05) is 6.07 Å². The van der Waals surface area contributed by atoms with Crippen molar-refractivity contribution in [1.29, 1.82) is 0 Å². The molecule has 0 aliphatic rings. The molecule has 0 fully saturated rings. The first kappa shape index (κ1) is 23.4. The van der Waals surface area contributed by atoms with E-state index in [2.05, 4.69) is 14.4 Å². The molecule has 178 valence electrons. The monoisotopic (exact) mass is 512 g/mol. The summed E-state index contributed by atoms with van der Waals surface area (Å²) in [4.78, 5) is 16.8. The highest BCUT2D eigenvalue weighted by atomic mass is 32.2. The number of aromatic nitrogens is 3. The van der Waals surface area contributed by atoms with Gasteiger partial charge >= 0.3 is 12.1 Å². The van der Waals surface area contributed by atoms with E-state index >= 15 is 0 Å². The zero-order valence-corrected chi connectivity index (χ0v) is 18.6. The first-order valence-electron chi connectivity index (χ1n) is 9.40. The van der Waals surface area contributed by atoms with Gasteiger partial charge in [0.15, 0.2) is 0 Å². The van der Waals surface area contributed by atoms with Crippen molar-refractivity contribution < 1.29 is 31.4 Å². The maximum Gasteiger partial charge on any atom is 0.573 e. The SMILES string of the molecule is O=c1n(Cc2ccnc(NS(=O)(=O)c3cccs3)c2)cc(O)n1-c1ccc(OC(F)(F)F)cc1. The minimum absolute atomic E-state index is 0.0368. The first-order valence-corrected chi connectivity index (χ1v) is 11.8.